The van der Waals surface area contributed by atoms with Crippen LogP contribution < -0.4 is 0 Å². The van der Waals surface area contributed by atoms with Gasteiger partial charge >= 0.3 is 6.21 Å². The van der Waals surface area contributed by atoms with Crippen LogP contribution in [0.5, 0.6) is 0 Å². The summed E-state index contributed by atoms with van der Waals surface area (Å²) < 4.78 is 17.8. The van der Waals surface area contributed by atoms with Crippen molar-refractivity contribution in [3.63, 3.8) is 0 Å². The maximum absolute atomic E-state index is 12.4. The summed E-state index contributed by atoms with van der Waals surface area (Å²) in [5, 5.41) is -0.0190. The van der Waals surface area contributed by atoms with Crippen LogP contribution in [-0.2, 0) is 25.3 Å². The van der Waals surface area contributed by atoms with E-state index in [0.29, 0.717) is 6.61 Å². The van der Waals surface area contributed by atoms with Crippen LogP contribution >= 0.6 is 0 Å². The Labute approximate surface area is 156 Å². The van der Waals surface area contributed by atoms with E-state index >= 15 is 0 Å². The van der Waals surface area contributed by atoms with E-state index in [2.05, 4.69) is 38.7 Å². The van der Waals surface area contributed by atoms with Crippen molar-refractivity contribution in [2.24, 2.45) is 0 Å². The lowest BCUT2D eigenvalue weighted by molar-refractivity contribution is -0.126. The fraction of sp³-hybridized carbons (Fsp3) is 0.579. The lowest BCUT2D eigenvalue weighted by Gasteiger charge is -2.40. The average molecular weight is 377 g/mol. The lowest BCUT2D eigenvalue weighted by Crippen LogP contribution is -2.52. The van der Waals surface area contributed by atoms with E-state index in [1.165, 1.54) is 0 Å². The predicted molar refractivity (Wildman–Crippen MR) is 102 cm³/mol. The number of hydrogen-bond donors (Lipinski definition) is 0. The molecule has 0 spiro atoms. The minimum absolute atomic E-state index is 0.0190. The average Bonchev–Trinajstić information content (AvgIpc) is 3.36. The largest absolute Gasteiger partial charge is 0.408 e. The molecule has 7 heteroatoms. The van der Waals surface area contributed by atoms with Crippen molar-refractivity contribution in [2.45, 2.75) is 57.2 Å². The van der Waals surface area contributed by atoms with Gasteiger partial charge in [0.25, 0.3) is 5.78 Å². The van der Waals surface area contributed by atoms with E-state index in [4.69, 9.17) is 19.4 Å². The fourth-order valence-corrected chi connectivity index (χ4v) is 3.70. The third-order valence-corrected chi connectivity index (χ3v) is 9.68. The summed E-state index contributed by atoms with van der Waals surface area (Å²) in [4.78, 5) is 15.2. The summed E-state index contributed by atoms with van der Waals surface area (Å²) in [5.74, 6) is -0.396. The van der Waals surface area contributed by atoms with Crippen LogP contribution in [0.2, 0.25) is 18.1 Å². The number of ether oxygens (including phenoxy) is 2. The van der Waals surface area contributed by atoms with E-state index in [0.717, 1.165) is 11.8 Å². The second-order valence-electron chi connectivity index (χ2n) is 8.15. The highest BCUT2D eigenvalue weighted by Crippen LogP contribution is 2.42. The monoisotopic (exact) mass is 376 g/mol. The summed E-state index contributed by atoms with van der Waals surface area (Å²) in [7, 11) is -2.16. The van der Waals surface area contributed by atoms with Gasteiger partial charge in [-0.15, -0.1) is 0 Å². The summed E-state index contributed by atoms with van der Waals surface area (Å²) in [6, 6.07) is 9.82. The van der Waals surface area contributed by atoms with E-state index in [9.17, 15) is 4.79 Å². The molecule has 0 saturated carbocycles. The van der Waals surface area contributed by atoms with Crippen molar-refractivity contribution < 1.29 is 23.5 Å². The van der Waals surface area contributed by atoms with Gasteiger partial charge in [0.1, 0.15) is 6.10 Å². The zero-order valence-corrected chi connectivity index (χ0v) is 17.2. The summed E-state index contributed by atoms with van der Waals surface area (Å²) in [6.07, 6.45) is 0.337. The topological polar surface area (TPSA) is 84.5 Å². The van der Waals surface area contributed by atoms with E-state index in [1.54, 1.807) is 0 Å². The highest BCUT2D eigenvalue weighted by Gasteiger charge is 2.61. The van der Waals surface area contributed by atoms with Gasteiger partial charge < -0.3 is 19.4 Å². The minimum atomic E-state index is -2.16. The Hall–Kier alpha value is -1.63. The minimum Gasteiger partial charge on any atom is -0.408 e. The molecule has 1 heterocycles. The molecule has 0 aliphatic carbocycles. The number of benzene rings is 1. The van der Waals surface area contributed by atoms with Crippen LogP contribution in [0, 0.1) is 0 Å². The zero-order valence-electron chi connectivity index (χ0n) is 16.2. The molecule has 0 N–H and O–H groups in total. The van der Waals surface area contributed by atoms with Crippen molar-refractivity contribution in [3.8, 4) is 0 Å². The maximum atomic E-state index is 12.4. The highest BCUT2D eigenvalue weighted by atomic mass is 28.4. The van der Waals surface area contributed by atoms with Crippen molar-refractivity contribution >= 4 is 20.3 Å². The Morgan fingerprint density at radius 2 is 2.00 bits per heavy atom. The van der Waals surface area contributed by atoms with Crippen molar-refractivity contribution in [1.29, 1.82) is 0 Å². The Morgan fingerprint density at radius 3 is 2.50 bits per heavy atom. The molecule has 0 radical (unpaired) electrons. The Morgan fingerprint density at radius 1 is 1.38 bits per heavy atom. The summed E-state index contributed by atoms with van der Waals surface area (Å²) >= 11 is 0. The number of Topliss-reactive ketones (excluding diaryl/α,β-unsaturated/α-hetero) is 1. The number of hydrogen-bond acceptors (Lipinski definition) is 4. The molecule has 1 saturated heterocycles. The molecule has 1 fully saturated rings. The molecule has 1 aliphatic heterocycles. The van der Waals surface area contributed by atoms with Crippen LogP contribution in [0.25, 0.3) is 5.53 Å². The molecule has 2 rings (SSSR count). The molecule has 1 aromatic carbocycles. The van der Waals surface area contributed by atoms with Gasteiger partial charge in [-0.2, -0.15) is 4.79 Å². The zero-order chi connectivity index (χ0) is 19.4. The first-order valence-electron chi connectivity index (χ1n) is 8.78. The third-order valence-electron chi connectivity index (χ3n) is 5.19. The van der Waals surface area contributed by atoms with E-state index < -0.39 is 25.8 Å². The highest BCUT2D eigenvalue weighted by molar-refractivity contribution is 6.74. The van der Waals surface area contributed by atoms with Crippen LogP contribution in [0.1, 0.15) is 26.3 Å². The molecule has 1 unspecified atom stereocenters. The number of carbonyl (C=O) groups excluding carboxylic acids is 1. The second kappa shape index (κ2) is 7.94. The number of epoxide rings is 1. The Balaban J connectivity index is 2.14. The summed E-state index contributed by atoms with van der Waals surface area (Å²) in [6.45, 7) is 11.6. The third kappa shape index (κ3) is 4.75. The van der Waals surface area contributed by atoms with Gasteiger partial charge in [0.15, 0.2) is 13.9 Å². The van der Waals surface area contributed by atoms with Crippen LogP contribution in [0.4, 0.5) is 0 Å². The SMILES string of the molecule is CC(C)(C)[Si](C)(C)O[C@@H](COCc1ccccc1)C1(C(=O)C=[N+]=[N-])CO1. The molecule has 142 valence electrons. The summed E-state index contributed by atoms with van der Waals surface area (Å²) in [5.41, 5.74) is 8.66. The van der Waals surface area contributed by atoms with Gasteiger partial charge in [0.05, 0.1) is 19.8 Å². The van der Waals surface area contributed by atoms with E-state index in [-0.39, 0.29) is 18.3 Å². The first kappa shape index (κ1) is 20.7. The molecular weight excluding hydrogens is 348 g/mol. The van der Waals surface area contributed by atoms with Crippen LogP contribution in [0.15, 0.2) is 30.3 Å². The van der Waals surface area contributed by atoms with Gasteiger partial charge in [-0.05, 0) is 23.7 Å². The first-order chi connectivity index (χ1) is 12.1. The quantitative estimate of drug-likeness (QED) is 0.218. The molecule has 1 aliphatic rings. The second-order valence-corrected chi connectivity index (χ2v) is 12.9. The van der Waals surface area contributed by atoms with Gasteiger partial charge in [-0.1, -0.05) is 51.1 Å². The van der Waals surface area contributed by atoms with Crippen LogP contribution in [0.3, 0.4) is 0 Å². The number of nitrogens with zero attached hydrogens (tertiary/aromatic N) is 2. The molecule has 6 nitrogen and oxygen atoms in total. The van der Waals surface area contributed by atoms with Gasteiger partial charge in [0, 0.05) is 0 Å². The molecule has 2 atom stereocenters. The molecule has 1 aromatic rings. The Bertz CT molecular complexity index is 675. The van der Waals surface area contributed by atoms with Crippen molar-refractivity contribution in [2.75, 3.05) is 13.2 Å². The van der Waals surface area contributed by atoms with Crippen molar-refractivity contribution in [3.05, 3.63) is 41.4 Å². The smallest absolute Gasteiger partial charge is 0.326 e. The van der Waals surface area contributed by atoms with Crippen molar-refractivity contribution in [1.82, 2.24) is 0 Å². The fourth-order valence-electron chi connectivity index (χ4n) is 2.38. The van der Waals surface area contributed by atoms with Gasteiger partial charge in [-0.3, -0.25) is 4.79 Å². The number of carbonyl (C=O) groups is 1. The van der Waals surface area contributed by atoms with Crippen LogP contribution in [-0.4, -0.2) is 50.0 Å². The lowest BCUT2D eigenvalue weighted by atomic mass is 9.99. The molecule has 26 heavy (non-hydrogen) atoms. The molecule has 0 amide bonds. The number of ketones is 1. The standard InChI is InChI=1S/C19H28N2O4Si/c1-18(2,3)26(4,5)25-17(19(14-24-19)16(22)11-21-20)13-23-12-15-9-7-6-8-10-15/h6-11,17H,12-14H2,1-5H3/t17-,19?/m0/s1. The Kier molecular flexibility index (Phi) is 6.32. The normalized spacial score (nSPS) is 21.0. The molecule has 0 aromatic heterocycles. The van der Waals surface area contributed by atoms with Gasteiger partial charge in [-0.25, -0.2) is 0 Å². The number of rotatable bonds is 9. The van der Waals surface area contributed by atoms with E-state index in [1.807, 2.05) is 30.3 Å². The molecule has 0 bridgehead atoms. The first-order valence-corrected chi connectivity index (χ1v) is 11.7. The molecular formula is C19H28N2O4Si. The maximum Gasteiger partial charge on any atom is 0.326 e. The predicted octanol–water partition coefficient (Wildman–Crippen LogP) is 3.23. The van der Waals surface area contributed by atoms with Gasteiger partial charge in [0.2, 0.25) is 0 Å².